The molecule has 2 amide bonds. The third-order valence-electron chi connectivity index (χ3n) is 6.85. The molecule has 0 aliphatic carbocycles. The molecule has 5 rings (SSSR count). The number of nitrogens with zero attached hydrogens (tertiary/aromatic N) is 2. The highest BCUT2D eigenvalue weighted by Crippen LogP contribution is 2.43. The van der Waals surface area contributed by atoms with Gasteiger partial charge in [0.1, 0.15) is 23.7 Å². The van der Waals surface area contributed by atoms with Gasteiger partial charge >= 0.3 is 0 Å². The van der Waals surface area contributed by atoms with Gasteiger partial charge in [0, 0.05) is 30.1 Å². The quantitative estimate of drug-likeness (QED) is 0.410. The summed E-state index contributed by atoms with van der Waals surface area (Å²) in [6.45, 7) is 0.411. The molecule has 7 heteroatoms. The van der Waals surface area contributed by atoms with Crippen molar-refractivity contribution < 1.29 is 19.1 Å². The molecule has 3 aromatic carbocycles. The van der Waals surface area contributed by atoms with Crippen LogP contribution in [0.2, 0.25) is 0 Å². The van der Waals surface area contributed by atoms with Crippen molar-refractivity contribution in [2.24, 2.45) is 7.05 Å². The number of carbonyl (C=O) groups is 2. The average Bonchev–Trinajstić information content (AvgIpc) is 3.36. The molecule has 0 radical (unpaired) electrons. The summed E-state index contributed by atoms with van der Waals surface area (Å²) in [6, 6.07) is 23.1. The second-order valence-corrected chi connectivity index (χ2v) is 8.86. The number of rotatable bonds is 8. The Kier molecular flexibility index (Phi) is 6.38. The fourth-order valence-corrected chi connectivity index (χ4v) is 5.12. The van der Waals surface area contributed by atoms with Gasteiger partial charge in [-0.05, 0) is 41.8 Å². The Morgan fingerprint density at radius 2 is 1.67 bits per heavy atom. The van der Waals surface area contributed by atoms with E-state index in [9.17, 15) is 9.59 Å². The van der Waals surface area contributed by atoms with Crippen LogP contribution in [0.3, 0.4) is 0 Å². The number of amides is 2. The second-order valence-electron chi connectivity index (χ2n) is 8.86. The number of aryl methyl sites for hydroxylation is 1. The lowest BCUT2D eigenvalue weighted by molar-refractivity contribution is -0.122. The van der Waals surface area contributed by atoms with Crippen LogP contribution in [-0.4, -0.2) is 48.6 Å². The smallest absolute Gasteiger partial charge is 0.272 e. The van der Waals surface area contributed by atoms with Crippen molar-refractivity contribution in [3.63, 3.8) is 0 Å². The van der Waals surface area contributed by atoms with E-state index in [1.54, 1.807) is 19.1 Å². The minimum atomic E-state index is -0.371. The van der Waals surface area contributed by atoms with Crippen LogP contribution in [0.15, 0.2) is 72.8 Å². The summed E-state index contributed by atoms with van der Waals surface area (Å²) in [5, 5.41) is 3.99. The molecule has 36 heavy (non-hydrogen) atoms. The number of hydrogen-bond acceptors (Lipinski definition) is 4. The van der Waals surface area contributed by atoms with Crippen LogP contribution in [0.5, 0.6) is 11.5 Å². The summed E-state index contributed by atoms with van der Waals surface area (Å²) in [4.78, 5) is 28.4. The Hall–Kier alpha value is -4.26. The Morgan fingerprint density at radius 3 is 2.42 bits per heavy atom. The van der Waals surface area contributed by atoms with Gasteiger partial charge in [-0.1, -0.05) is 48.5 Å². The van der Waals surface area contributed by atoms with E-state index in [1.807, 2.05) is 84.4 Å². The van der Waals surface area contributed by atoms with Crippen LogP contribution in [-0.2, 0) is 18.3 Å². The highest BCUT2D eigenvalue weighted by atomic mass is 16.5. The molecule has 184 valence electrons. The lowest BCUT2D eigenvalue weighted by atomic mass is 9.98. The van der Waals surface area contributed by atoms with E-state index in [4.69, 9.17) is 9.47 Å². The van der Waals surface area contributed by atoms with Crippen molar-refractivity contribution in [1.82, 2.24) is 14.8 Å². The maximum atomic E-state index is 13.7. The molecular formula is C29H29N3O4. The van der Waals surface area contributed by atoms with Crippen molar-refractivity contribution in [3.05, 3.63) is 95.2 Å². The average molecular weight is 484 g/mol. The van der Waals surface area contributed by atoms with Crippen LogP contribution < -0.4 is 14.8 Å². The summed E-state index contributed by atoms with van der Waals surface area (Å²) in [6.07, 6.45) is 0.635. The molecule has 0 spiro atoms. The largest absolute Gasteiger partial charge is 0.497 e. The molecule has 1 aliphatic heterocycles. The van der Waals surface area contributed by atoms with Crippen LogP contribution in [0.1, 0.15) is 33.2 Å². The normalized spacial score (nSPS) is 14.7. The van der Waals surface area contributed by atoms with Crippen LogP contribution in [0.4, 0.5) is 0 Å². The zero-order chi connectivity index (χ0) is 25.2. The molecule has 0 saturated heterocycles. The van der Waals surface area contributed by atoms with Gasteiger partial charge in [0.05, 0.1) is 20.3 Å². The van der Waals surface area contributed by atoms with Crippen LogP contribution in [0, 0.1) is 0 Å². The molecule has 0 saturated carbocycles. The van der Waals surface area contributed by atoms with E-state index < -0.39 is 0 Å². The number of carbonyl (C=O) groups excluding carboxylic acids is 2. The highest BCUT2D eigenvalue weighted by molar-refractivity contribution is 6.07. The minimum absolute atomic E-state index is 0.0372. The van der Waals surface area contributed by atoms with Gasteiger partial charge in [-0.25, -0.2) is 0 Å². The third kappa shape index (κ3) is 4.06. The Bertz CT molecular complexity index is 1420. The van der Waals surface area contributed by atoms with Crippen molar-refractivity contribution in [3.8, 4) is 11.5 Å². The molecule has 4 aromatic rings. The Labute approximate surface area is 210 Å². The first-order valence-electron chi connectivity index (χ1n) is 11.9. The highest BCUT2D eigenvalue weighted by Gasteiger charge is 2.42. The van der Waals surface area contributed by atoms with Gasteiger partial charge in [0.2, 0.25) is 5.91 Å². The molecule has 1 aromatic heterocycles. The zero-order valence-electron chi connectivity index (χ0n) is 20.7. The lowest BCUT2D eigenvalue weighted by Gasteiger charge is -2.26. The van der Waals surface area contributed by atoms with Crippen molar-refractivity contribution >= 4 is 22.7 Å². The van der Waals surface area contributed by atoms with Gasteiger partial charge in [-0.15, -0.1) is 0 Å². The lowest BCUT2D eigenvalue weighted by Crippen LogP contribution is -2.40. The molecule has 1 unspecified atom stereocenters. The standard InChI is InChI=1S/C29H29N3O4/c1-31-23-10-6-5-9-22(23)26-27(20-12-14-21(35-2)15-13-20)32(29(34)28(26)31)18-25(33)30-17-16-19-8-4-7-11-24(19)36-3/h4-15,27H,16-18H2,1-3H3,(H,30,33). The Morgan fingerprint density at radius 1 is 0.944 bits per heavy atom. The van der Waals surface area contributed by atoms with E-state index in [0.717, 1.165) is 39.1 Å². The summed E-state index contributed by atoms with van der Waals surface area (Å²) in [5.41, 5.74) is 4.51. The first-order chi connectivity index (χ1) is 17.5. The molecule has 0 bridgehead atoms. The van der Waals surface area contributed by atoms with Gasteiger partial charge in [-0.2, -0.15) is 0 Å². The first kappa shape index (κ1) is 23.5. The fraction of sp³-hybridized carbons (Fsp3) is 0.241. The number of para-hydroxylation sites is 2. The summed E-state index contributed by atoms with van der Waals surface area (Å²) in [5.74, 6) is 1.18. The summed E-state index contributed by atoms with van der Waals surface area (Å²) < 4.78 is 12.7. The number of fused-ring (bicyclic) bond motifs is 3. The number of aromatic nitrogens is 1. The van der Waals surface area contributed by atoms with Gasteiger partial charge < -0.3 is 24.3 Å². The topological polar surface area (TPSA) is 72.8 Å². The van der Waals surface area contributed by atoms with E-state index in [-0.39, 0.29) is 24.4 Å². The van der Waals surface area contributed by atoms with Gasteiger partial charge in [0.15, 0.2) is 0 Å². The van der Waals surface area contributed by atoms with Crippen LogP contribution in [0.25, 0.3) is 10.9 Å². The maximum Gasteiger partial charge on any atom is 0.272 e. The maximum absolute atomic E-state index is 13.7. The minimum Gasteiger partial charge on any atom is -0.497 e. The second kappa shape index (κ2) is 9.77. The number of methoxy groups -OCH3 is 2. The summed E-state index contributed by atoms with van der Waals surface area (Å²) in [7, 11) is 5.16. The predicted octanol–water partition coefficient (Wildman–Crippen LogP) is 4.10. The first-order valence-corrected chi connectivity index (χ1v) is 11.9. The molecular weight excluding hydrogens is 454 g/mol. The zero-order valence-corrected chi connectivity index (χ0v) is 20.7. The SMILES string of the molecule is COc1ccc(C2c3c(n(C)c4ccccc34)C(=O)N2CC(=O)NCCc2ccccc2OC)cc1. The van der Waals surface area contributed by atoms with Gasteiger partial charge in [0.25, 0.3) is 5.91 Å². The van der Waals surface area contributed by atoms with Crippen molar-refractivity contribution in [2.75, 3.05) is 27.3 Å². The van der Waals surface area contributed by atoms with Crippen LogP contribution >= 0.6 is 0 Å². The monoisotopic (exact) mass is 483 g/mol. The molecule has 1 aliphatic rings. The van der Waals surface area contributed by atoms with E-state index >= 15 is 0 Å². The number of ether oxygens (including phenoxy) is 2. The van der Waals surface area contributed by atoms with E-state index in [1.165, 1.54) is 0 Å². The molecule has 2 heterocycles. The van der Waals surface area contributed by atoms with E-state index in [0.29, 0.717) is 18.7 Å². The number of nitrogens with one attached hydrogen (secondary N) is 1. The number of hydrogen-bond donors (Lipinski definition) is 1. The summed E-state index contributed by atoms with van der Waals surface area (Å²) >= 11 is 0. The van der Waals surface area contributed by atoms with E-state index in [2.05, 4.69) is 5.32 Å². The predicted molar refractivity (Wildman–Crippen MR) is 139 cm³/mol. The fourth-order valence-electron chi connectivity index (χ4n) is 5.12. The van der Waals surface area contributed by atoms with Gasteiger partial charge in [-0.3, -0.25) is 9.59 Å². The van der Waals surface area contributed by atoms with Crippen molar-refractivity contribution in [1.29, 1.82) is 0 Å². The van der Waals surface area contributed by atoms with Crippen molar-refractivity contribution in [2.45, 2.75) is 12.5 Å². The molecule has 0 fully saturated rings. The molecule has 1 atom stereocenters. The Balaban J connectivity index is 1.41. The molecule has 7 nitrogen and oxygen atoms in total. The molecule has 1 N–H and O–H groups in total. The number of benzene rings is 3. The third-order valence-corrected chi connectivity index (χ3v) is 6.85.